The predicted molar refractivity (Wildman–Crippen MR) is 93.9 cm³/mol. The van der Waals surface area contributed by atoms with Gasteiger partial charge in [0.15, 0.2) is 5.75 Å². The van der Waals surface area contributed by atoms with Crippen molar-refractivity contribution in [2.75, 3.05) is 17.2 Å². The molecule has 2 heterocycles. The molecule has 9 heteroatoms. The van der Waals surface area contributed by atoms with Crippen molar-refractivity contribution < 1.29 is 18.3 Å². The highest BCUT2D eigenvalue weighted by Gasteiger charge is 2.29. The summed E-state index contributed by atoms with van der Waals surface area (Å²) in [6.07, 6.45) is 1.75. The van der Waals surface area contributed by atoms with Crippen molar-refractivity contribution in [3.8, 4) is 5.75 Å². The maximum atomic E-state index is 13.6. The number of carbonyl (C=O) groups is 1. The summed E-state index contributed by atoms with van der Waals surface area (Å²) in [6.45, 7) is 6.26. The topological polar surface area (TPSA) is 89.0 Å². The van der Waals surface area contributed by atoms with Gasteiger partial charge in [-0.2, -0.15) is 8.78 Å². The molecule has 7 nitrogen and oxygen atoms in total. The van der Waals surface area contributed by atoms with Gasteiger partial charge in [-0.25, -0.2) is 15.0 Å². The van der Waals surface area contributed by atoms with E-state index in [0.717, 1.165) is 6.92 Å². The van der Waals surface area contributed by atoms with Crippen LogP contribution in [0.5, 0.6) is 5.75 Å². The van der Waals surface area contributed by atoms with Crippen molar-refractivity contribution in [1.82, 2.24) is 15.0 Å². The van der Waals surface area contributed by atoms with Crippen molar-refractivity contribution in [2.45, 2.75) is 40.0 Å². The highest BCUT2D eigenvalue weighted by atomic mass is 19.3. The molecular formula is C17H21F2N5O2. The lowest BCUT2D eigenvalue weighted by atomic mass is 10.3. The number of hydrogen-bond acceptors (Lipinski definition) is 6. The molecule has 0 atom stereocenters. The van der Waals surface area contributed by atoms with Gasteiger partial charge in [0.25, 0.3) is 0 Å². The van der Waals surface area contributed by atoms with Gasteiger partial charge in [0.1, 0.15) is 11.6 Å². The second-order valence-corrected chi connectivity index (χ2v) is 5.63. The van der Waals surface area contributed by atoms with Crippen LogP contribution in [-0.4, -0.2) is 27.5 Å². The lowest BCUT2D eigenvalue weighted by Crippen LogP contribution is -2.15. The minimum absolute atomic E-state index is 0.189. The summed E-state index contributed by atoms with van der Waals surface area (Å²) in [5.74, 6) is -3.03. The van der Waals surface area contributed by atoms with Crippen LogP contribution < -0.4 is 15.4 Å². The van der Waals surface area contributed by atoms with Crippen LogP contribution in [0.25, 0.3) is 0 Å². The number of nitrogens with zero attached hydrogens (tertiary/aromatic N) is 3. The van der Waals surface area contributed by atoms with Gasteiger partial charge in [-0.3, -0.25) is 4.79 Å². The van der Waals surface area contributed by atoms with E-state index in [4.69, 9.17) is 4.74 Å². The number of pyridine rings is 1. The number of anilines is 3. The minimum Gasteiger partial charge on any atom is -0.490 e. The summed E-state index contributed by atoms with van der Waals surface area (Å²) in [7, 11) is 0. The third-order valence-corrected chi connectivity index (χ3v) is 3.27. The maximum absolute atomic E-state index is 13.6. The van der Waals surface area contributed by atoms with Crippen LogP contribution in [-0.2, 0) is 10.7 Å². The lowest BCUT2D eigenvalue weighted by Gasteiger charge is -2.15. The fraction of sp³-hybridized carbons (Fsp3) is 0.412. The first-order valence-corrected chi connectivity index (χ1v) is 8.16. The van der Waals surface area contributed by atoms with Gasteiger partial charge >= 0.3 is 5.92 Å². The van der Waals surface area contributed by atoms with Gasteiger partial charge in [0.05, 0.1) is 18.5 Å². The van der Waals surface area contributed by atoms with Crippen molar-refractivity contribution in [1.29, 1.82) is 0 Å². The molecule has 0 aliphatic carbocycles. The fourth-order valence-corrected chi connectivity index (χ4v) is 2.08. The molecule has 0 unspecified atom stereocenters. The molecule has 26 heavy (non-hydrogen) atoms. The largest absolute Gasteiger partial charge is 0.490 e. The number of hydrogen-bond donors (Lipinski definition) is 2. The van der Waals surface area contributed by atoms with Crippen LogP contribution in [0, 0.1) is 6.92 Å². The zero-order chi connectivity index (χ0) is 19.3. The van der Waals surface area contributed by atoms with Gasteiger partial charge in [0.2, 0.25) is 11.7 Å². The summed E-state index contributed by atoms with van der Waals surface area (Å²) in [5.41, 5.74) is 0.835. The number of ether oxygens (including phenoxy) is 1. The normalized spacial score (nSPS) is 11.2. The van der Waals surface area contributed by atoms with E-state index >= 15 is 0 Å². The molecular weight excluding hydrogens is 344 g/mol. The third-order valence-electron chi connectivity index (χ3n) is 3.27. The van der Waals surface area contributed by atoms with Crippen LogP contribution in [0.1, 0.15) is 38.7 Å². The van der Waals surface area contributed by atoms with Crippen molar-refractivity contribution in [3.63, 3.8) is 0 Å². The molecule has 0 bridgehead atoms. The Balaban J connectivity index is 2.38. The number of alkyl halides is 2. The van der Waals surface area contributed by atoms with E-state index in [1.165, 1.54) is 12.3 Å². The zero-order valence-electron chi connectivity index (χ0n) is 15.1. The molecule has 2 aromatic rings. The maximum Gasteiger partial charge on any atom is 0.303 e. The van der Waals surface area contributed by atoms with Crippen molar-refractivity contribution in [2.24, 2.45) is 0 Å². The molecule has 2 N–H and O–H groups in total. The molecule has 2 rings (SSSR count). The smallest absolute Gasteiger partial charge is 0.303 e. The summed E-state index contributed by atoms with van der Waals surface area (Å²) in [6, 6.07) is 3.09. The predicted octanol–water partition coefficient (Wildman–Crippen LogP) is 3.78. The Bertz CT molecular complexity index is 793. The number of aryl methyl sites for hydroxylation is 1. The summed E-state index contributed by atoms with van der Waals surface area (Å²) in [4.78, 5) is 23.3. The van der Waals surface area contributed by atoms with Crippen LogP contribution >= 0.6 is 0 Å². The molecule has 0 aromatic carbocycles. The van der Waals surface area contributed by atoms with E-state index in [1.54, 1.807) is 26.8 Å². The second-order valence-electron chi connectivity index (χ2n) is 5.63. The average Bonchev–Trinajstić information content (AvgIpc) is 2.56. The second kappa shape index (κ2) is 8.03. The van der Waals surface area contributed by atoms with E-state index < -0.39 is 11.7 Å². The third kappa shape index (κ3) is 5.08. The Labute approximate surface area is 150 Å². The zero-order valence-corrected chi connectivity index (χ0v) is 15.1. The highest BCUT2D eigenvalue weighted by molar-refractivity contribution is 5.90. The molecule has 0 saturated heterocycles. The molecule has 0 aliphatic rings. The van der Waals surface area contributed by atoms with Crippen molar-refractivity contribution in [3.05, 3.63) is 29.8 Å². The summed E-state index contributed by atoms with van der Waals surface area (Å²) in [5, 5.41) is 5.58. The van der Waals surface area contributed by atoms with Gasteiger partial charge in [-0.15, -0.1) is 0 Å². The molecule has 0 radical (unpaired) electrons. The lowest BCUT2D eigenvalue weighted by molar-refractivity contribution is -0.115. The average molecular weight is 365 g/mol. The first-order valence-electron chi connectivity index (χ1n) is 8.16. The number of rotatable bonds is 7. The van der Waals surface area contributed by atoms with Crippen LogP contribution in [0.2, 0.25) is 0 Å². The monoisotopic (exact) mass is 365 g/mol. The first-order chi connectivity index (χ1) is 12.2. The molecule has 0 saturated carbocycles. The fourth-order valence-electron chi connectivity index (χ4n) is 2.08. The van der Waals surface area contributed by atoms with Crippen LogP contribution in [0.4, 0.5) is 26.1 Å². The number of halogens is 2. The van der Waals surface area contributed by atoms with Crippen LogP contribution in [0.3, 0.4) is 0 Å². The highest BCUT2D eigenvalue weighted by Crippen LogP contribution is 2.30. The summed E-state index contributed by atoms with van der Waals surface area (Å²) < 4.78 is 32.6. The number of nitrogens with one attached hydrogen (secondary N) is 2. The molecule has 0 spiro atoms. The van der Waals surface area contributed by atoms with E-state index in [2.05, 4.69) is 25.6 Å². The number of amides is 1. The van der Waals surface area contributed by atoms with Gasteiger partial charge in [-0.1, -0.05) is 6.92 Å². The molecule has 140 valence electrons. The Hall–Kier alpha value is -2.84. The minimum atomic E-state index is -3.16. The van der Waals surface area contributed by atoms with Gasteiger partial charge < -0.3 is 15.4 Å². The Kier molecular flexibility index (Phi) is 6.01. The van der Waals surface area contributed by atoms with Crippen molar-refractivity contribution >= 4 is 23.2 Å². The van der Waals surface area contributed by atoms with E-state index in [9.17, 15) is 13.6 Å². The first kappa shape index (κ1) is 19.5. The van der Waals surface area contributed by atoms with E-state index in [-0.39, 0.29) is 11.7 Å². The molecule has 1 amide bonds. The Morgan fingerprint density at radius 1 is 1.23 bits per heavy atom. The number of aromatic nitrogens is 3. The Morgan fingerprint density at radius 2 is 1.96 bits per heavy atom. The molecule has 2 aromatic heterocycles. The van der Waals surface area contributed by atoms with Crippen LogP contribution in [0.15, 0.2) is 18.3 Å². The van der Waals surface area contributed by atoms with Gasteiger partial charge in [0, 0.05) is 31.2 Å². The molecule has 0 fully saturated rings. The SMILES string of the molecule is CCOc1cnc(NC(=O)CC)cc1Nc1cc(C)nc(C(C)(F)F)n1. The quantitative estimate of drug-likeness (QED) is 0.776. The van der Waals surface area contributed by atoms with Gasteiger partial charge in [-0.05, 0) is 13.8 Å². The molecule has 0 aliphatic heterocycles. The Morgan fingerprint density at radius 3 is 2.58 bits per heavy atom. The standard InChI is InChI=1S/C17H21F2N5O2/c1-5-15(25)23-13-8-11(12(9-20-13)26-6-2)22-14-7-10(3)21-16(24-14)17(4,18)19/h7-9H,5-6H2,1-4H3,(H2,20,21,22,23,24,25). The number of carbonyl (C=O) groups excluding carboxylic acids is 1. The summed E-state index contributed by atoms with van der Waals surface area (Å²) >= 11 is 0. The van der Waals surface area contributed by atoms with E-state index in [0.29, 0.717) is 36.0 Å². The van der Waals surface area contributed by atoms with E-state index in [1.807, 2.05) is 0 Å².